The molecule has 2 N–H and O–H groups in total. The number of aromatic nitrogens is 4. The van der Waals surface area contributed by atoms with Crippen LogP contribution in [-0.4, -0.2) is 75.7 Å². The molecule has 1 amide bonds. The molecule has 0 unspecified atom stereocenters. The van der Waals surface area contributed by atoms with Gasteiger partial charge in [-0.25, -0.2) is 14.6 Å². The lowest BCUT2D eigenvalue weighted by molar-refractivity contribution is -0.137. The quantitative estimate of drug-likeness (QED) is 0.293. The maximum Gasteiger partial charge on any atom is 0.416 e. The summed E-state index contributed by atoms with van der Waals surface area (Å²) in [4.78, 5) is 26.3. The van der Waals surface area contributed by atoms with E-state index in [0.29, 0.717) is 40.2 Å². The van der Waals surface area contributed by atoms with Gasteiger partial charge in [0, 0.05) is 62.6 Å². The third kappa shape index (κ3) is 6.85. The number of aryl methyl sites for hydroxylation is 1. The highest BCUT2D eigenvalue weighted by Crippen LogP contribution is 2.33. The summed E-state index contributed by atoms with van der Waals surface area (Å²) in [5, 5.41) is 11.1. The first-order valence-corrected chi connectivity index (χ1v) is 14.4. The molecule has 1 aliphatic heterocycles. The molecule has 1 fully saturated rings. The molecule has 0 atom stereocenters. The minimum absolute atomic E-state index is 0.0411. The largest absolute Gasteiger partial charge is 0.416 e. The highest BCUT2D eigenvalue weighted by molar-refractivity contribution is 6.04. The summed E-state index contributed by atoms with van der Waals surface area (Å²) < 4.78 is 43.1. The van der Waals surface area contributed by atoms with Crippen molar-refractivity contribution in [2.45, 2.75) is 39.5 Å². The maximum absolute atomic E-state index is 13.8. The van der Waals surface area contributed by atoms with Crippen LogP contribution in [0.5, 0.6) is 0 Å². The average Bonchev–Trinajstić information content (AvgIpc) is 3.36. The van der Waals surface area contributed by atoms with Crippen molar-refractivity contribution >= 4 is 28.4 Å². The Hall–Kier alpha value is -4.47. The van der Waals surface area contributed by atoms with E-state index in [9.17, 15) is 18.0 Å². The van der Waals surface area contributed by atoms with Gasteiger partial charge in [0.2, 0.25) is 0 Å². The summed E-state index contributed by atoms with van der Waals surface area (Å²) in [6, 6.07) is 8.80. The number of anilines is 2. The number of likely N-dealkylation sites (N-methyl/N-ethyl adjacent to an activating group) is 1. The number of piperazine rings is 1. The van der Waals surface area contributed by atoms with Crippen LogP contribution >= 0.6 is 0 Å². The Bertz CT molecular complexity index is 1740. The molecule has 5 rings (SSSR count). The molecule has 44 heavy (non-hydrogen) atoms. The van der Waals surface area contributed by atoms with Crippen molar-refractivity contribution in [1.82, 2.24) is 29.5 Å². The second-order valence-corrected chi connectivity index (χ2v) is 11.3. The minimum atomic E-state index is -4.55. The number of carbonyl (C=O) groups is 1. The molecule has 3 heterocycles. The number of hydrogen-bond donors (Lipinski definition) is 2. The van der Waals surface area contributed by atoms with Gasteiger partial charge in [-0.15, -0.1) is 0 Å². The molecule has 0 bridgehead atoms. The maximum atomic E-state index is 13.8. The van der Waals surface area contributed by atoms with Gasteiger partial charge in [-0.2, -0.15) is 18.3 Å². The monoisotopic (exact) mass is 604 g/mol. The van der Waals surface area contributed by atoms with Gasteiger partial charge in [-0.1, -0.05) is 12.0 Å². The number of fused-ring (bicyclic) bond motifs is 1. The summed E-state index contributed by atoms with van der Waals surface area (Å²) in [6.45, 7) is 9.45. The third-order valence-electron chi connectivity index (χ3n) is 7.61. The summed E-state index contributed by atoms with van der Waals surface area (Å²) in [7, 11) is 3.78. The van der Waals surface area contributed by atoms with Crippen molar-refractivity contribution in [2.75, 3.05) is 50.9 Å². The molecule has 230 valence electrons. The van der Waals surface area contributed by atoms with Crippen molar-refractivity contribution in [1.29, 1.82) is 0 Å². The lowest BCUT2D eigenvalue weighted by Crippen LogP contribution is -2.43. The molecular formula is C32H35F3N8O. The fourth-order valence-electron chi connectivity index (χ4n) is 5.12. The van der Waals surface area contributed by atoms with Gasteiger partial charge in [0.1, 0.15) is 17.8 Å². The average molecular weight is 605 g/mol. The first kappa shape index (κ1) is 31.0. The Morgan fingerprint density at radius 3 is 2.48 bits per heavy atom. The van der Waals surface area contributed by atoms with Gasteiger partial charge in [0.25, 0.3) is 5.91 Å². The number of carbonyl (C=O) groups excluding carboxylic acids is 1. The van der Waals surface area contributed by atoms with Crippen molar-refractivity contribution in [2.24, 2.45) is 0 Å². The van der Waals surface area contributed by atoms with Crippen LogP contribution in [0.15, 0.2) is 42.7 Å². The van der Waals surface area contributed by atoms with E-state index in [1.807, 2.05) is 27.8 Å². The van der Waals surface area contributed by atoms with E-state index in [1.54, 1.807) is 36.0 Å². The van der Waals surface area contributed by atoms with Crippen LogP contribution < -0.4 is 10.6 Å². The molecule has 4 aromatic rings. The summed E-state index contributed by atoms with van der Waals surface area (Å²) in [5.74, 6) is 6.31. The topological polar surface area (TPSA) is 91.2 Å². The second kappa shape index (κ2) is 12.6. The standard InChI is InChI=1S/C32H35F3N8O/c1-20(2)43-30-28(29(36-4)37-19-38-30)27(40-43)9-8-23-16-24(7-6-21(23)3)31(44)39-26-15-22(14-25(17-26)32(33,34)35)18-42-12-10-41(5)11-13-42/h6-7,14-17,19-20H,10-13,18H2,1-5H3,(H,39,44)(H,36,37,38). The molecule has 2 aromatic carbocycles. The van der Waals surface area contributed by atoms with Crippen molar-refractivity contribution < 1.29 is 18.0 Å². The van der Waals surface area contributed by atoms with Gasteiger partial charge in [0.15, 0.2) is 5.65 Å². The van der Waals surface area contributed by atoms with E-state index in [-0.39, 0.29) is 17.3 Å². The normalized spacial score (nSPS) is 14.5. The number of nitrogens with one attached hydrogen (secondary N) is 2. The van der Waals surface area contributed by atoms with E-state index in [4.69, 9.17) is 0 Å². The minimum Gasteiger partial charge on any atom is -0.372 e. The first-order valence-electron chi connectivity index (χ1n) is 14.4. The number of rotatable bonds is 6. The Morgan fingerprint density at radius 1 is 1.05 bits per heavy atom. The molecule has 0 radical (unpaired) electrons. The predicted octanol–water partition coefficient (Wildman–Crippen LogP) is 5.18. The first-order chi connectivity index (χ1) is 20.9. The van der Waals surface area contributed by atoms with Crippen LogP contribution in [-0.2, 0) is 12.7 Å². The number of benzene rings is 2. The van der Waals surface area contributed by atoms with E-state index in [0.717, 1.165) is 43.9 Å². The molecule has 12 heteroatoms. The molecule has 0 aliphatic carbocycles. The third-order valence-corrected chi connectivity index (χ3v) is 7.61. The molecule has 0 spiro atoms. The molecule has 1 aliphatic rings. The van der Waals surface area contributed by atoms with Gasteiger partial charge < -0.3 is 15.5 Å². The van der Waals surface area contributed by atoms with Gasteiger partial charge in [0.05, 0.1) is 10.9 Å². The lowest BCUT2D eigenvalue weighted by atomic mass is 10.0. The van der Waals surface area contributed by atoms with Gasteiger partial charge >= 0.3 is 6.18 Å². The van der Waals surface area contributed by atoms with Crippen LogP contribution in [0.3, 0.4) is 0 Å². The second-order valence-electron chi connectivity index (χ2n) is 11.3. The van der Waals surface area contributed by atoms with Crippen molar-refractivity contribution in [3.63, 3.8) is 0 Å². The number of alkyl halides is 3. The molecule has 2 aromatic heterocycles. The highest BCUT2D eigenvalue weighted by Gasteiger charge is 2.31. The molecule has 9 nitrogen and oxygen atoms in total. The van der Waals surface area contributed by atoms with E-state index in [1.165, 1.54) is 6.33 Å². The van der Waals surface area contributed by atoms with Crippen molar-refractivity contribution in [3.8, 4) is 11.8 Å². The zero-order valence-electron chi connectivity index (χ0n) is 25.4. The zero-order valence-corrected chi connectivity index (χ0v) is 25.4. The lowest BCUT2D eigenvalue weighted by Gasteiger charge is -2.32. The van der Waals surface area contributed by atoms with E-state index < -0.39 is 17.6 Å². The number of nitrogens with zero attached hydrogens (tertiary/aromatic N) is 6. The van der Waals surface area contributed by atoms with Crippen LogP contribution in [0.25, 0.3) is 11.0 Å². The highest BCUT2D eigenvalue weighted by atomic mass is 19.4. The smallest absolute Gasteiger partial charge is 0.372 e. The number of amides is 1. The fourth-order valence-corrected chi connectivity index (χ4v) is 5.12. The molecule has 1 saturated heterocycles. The Morgan fingerprint density at radius 2 is 1.80 bits per heavy atom. The summed E-state index contributed by atoms with van der Waals surface area (Å²) >= 11 is 0. The Labute approximate surface area is 254 Å². The van der Waals surface area contributed by atoms with Crippen molar-refractivity contribution in [3.05, 3.63) is 76.2 Å². The predicted molar refractivity (Wildman–Crippen MR) is 165 cm³/mol. The fraction of sp³-hybridized carbons (Fsp3) is 0.375. The Kier molecular flexibility index (Phi) is 8.90. The van der Waals surface area contributed by atoms with Crippen LogP contribution in [0.2, 0.25) is 0 Å². The van der Waals surface area contributed by atoms with E-state index >= 15 is 0 Å². The molecular weight excluding hydrogens is 569 g/mol. The van der Waals surface area contributed by atoms with Gasteiger partial charge in [-0.3, -0.25) is 9.69 Å². The molecule has 0 saturated carbocycles. The van der Waals surface area contributed by atoms with Gasteiger partial charge in [-0.05, 0) is 75.2 Å². The summed E-state index contributed by atoms with van der Waals surface area (Å²) in [6.07, 6.45) is -3.08. The zero-order chi connectivity index (χ0) is 31.6. The number of hydrogen-bond acceptors (Lipinski definition) is 7. The SMILES string of the molecule is CNc1ncnc2c1c(C#Cc1cc(C(=O)Nc3cc(CN4CCN(C)CC4)cc(C(F)(F)F)c3)ccc1C)nn2C(C)C. The van der Waals surface area contributed by atoms with Crippen LogP contribution in [0, 0.1) is 18.8 Å². The van der Waals surface area contributed by atoms with Crippen LogP contribution in [0.4, 0.5) is 24.7 Å². The Balaban J connectivity index is 1.42. The van der Waals surface area contributed by atoms with E-state index in [2.05, 4.69) is 47.3 Å². The number of halogens is 3. The summed E-state index contributed by atoms with van der Waals surface area (Å²) in [5.41, 5.74) is 2.63. The van der Waals surface area contributed by atoms with Crippen LogP contribution in [0.1, 0.15) is 58.2 Å².